The molecule has 39 heavy (non-hydrogen) atoms. The van der Waals surface area contributed by atoms with E-state index in [4.69, 9.17) is 23.7 Å². The fraction of sp³-hybridized carbons (Fsp3) is 0.321. The molecule has 0 atom stereocenters. The third-order valence-corrected chi connectivity index (χ3v) is 7.40. The van der Waals surface area contributed by atoms with Gasteiger partial charge in [0.1, 0.15) is 23.8 Å². The minimum atomic E-state index is -4.29. The van der Waals surface area contributed by atoms with E-state index in [1.807, 2.05) is 38.1 Å². The van der Waals surface area contributed by atoms with Crippen LogP contribution in [0, 0.1) is 0 Å². The first-order chi connectivity index (χ1) is 18.6. The molecule has 0 aliphatic carbocycles. The molecular formula is C28H34N2O8S. The third-order valence-electron chi connectivity index (χ3n) is 5.64. The summed E-state index contributed by atoms with van der Waals surface area (Å²) < 4.78 is 55.9. The highest BCUT2D eigenvalue weighted by Crippen LogP contribution is 2.37. The molecule has 1 amide bonds. The fourth-order valence-corrected chi connectivity index (χ4v) is 5.22. The number of sulfonamides is 1. The lowest BCUT2D eigenvalue weighted by molar-refractivity contribution is -0.119. The van der Waals surface area contributed by atoms with Gasteiger partial charge < -0.3 is 29.0 Å². The van der Waals surface area contributed by atoms with Gasteiger partial charge in [0, 0.05) is 18.7 Å². The van der Waals surface area contributed by atoms with Crippen LogP contribution in [0.1, 0.15) is 19.4 Å². The van der Waals surface area contributed by atoms with Crippen LogP contribution in [-0.4, -0.2) is 55.4 Å². The Bertz CT molecular complexity index is 1390. The topological polar surface area (TPSA) is 113 Å². The molecule has 210 valence electrons. The van der Waals surface area contributed by atoms with Crippen LogP contribution >= 0.6 is 0 Å². The zero-order chi connectivity index (χ0) is 28.6. The molecule has 0 saturated heterocycles. The minimum absolute atomic E-state index is 0.00280. The van der Waals surface area contributed by atoms with Gasteiger partial charge in [0.2, 0.25) is 5.91 Å². The van der Waals surface area contributed by atoms with Crippen molar-refractivity contribution in [3.63, 3.8) is 0 Å². The van der Waals surface area contributed by atoms with Gasteiger partial charge >= 0.3 is 0 Å². The number of carbonyl (C=O) groups excluding carboxylic acids is 1. The smallest absolute Gasteiger partial charge is 0.265 e. The number of ether oxygens (including phenoxy) is 5. The van der Waals surface area contributed by atoms with Crippen LogP contribution in [-0.2, 0) is 21.4 Å². The summed E-state index contributed by atoms with van der Waals surface area (Å²) in [6.45, 7) is 3.50. The van der Waals surface area contributed by atoms with Crippen LogP contribution in [0.25, 0.3) is 0 Å². The maximum absolute atomic E-state index is 14.0. The van der Waals surface area contributed by atoms with Crippen LogP contribution in [0.5, 0.6) is 28.7 Å². The summed E-state index contributed by atoms with van der Waals surface area (Å²) in [4.78, 5) is 13.1. The van der Waals surface area contributed by atoms with Gasteiger partial charge in [-0.2, -0.15) is 0 Å². The number of nitrogens with zero attached hydrogens (tertiary/aromatic N) is 1. The van der Waals surface area contributed by atoms with Gasteiger partial charge in [-0.1, -0.05) is 12.1 Å². The highest BCUT2D eigenvalue weighted by molar-refractivity contribution is 7.92. The first-order valence-electron chi connectivity index (χ1n) is 12.1. The lowest BCUT2D eigenvalue weighted by Crippen LogP contribution is -2.41. The van der Waals surface area contributed by atoms with Gasteiger partial charge in [-0.15, -0.1) is 0 Å². The van der Waals surface area contributed by atoms with Crippen LogP contribution < -0.4 is 33.3 Å². The molecule has 0 spiro atoms. The number of anilines is 1. The van der Waals surface area contributed by atoms with Crippen LogP contribution in [0.15, 0.2) is 65.6 Å². The Balaban J connectivity index is 1.97. The van der Waals surface area contributed by atoms with Gasteiger partial charge in [0.15, 0.2) is 11.5 Å². The van der Waals surface area contributed by atoms with Crippen molar-refractivity contribution in [2.75, 3.05) is 39.3 Å². The molecule has 0 aromatic heterocycles. The maximum Gasteiger partial charge on any atom is 0.265 e. The summed E-state index contributed by atoms with van der Waals surface area (Å²) in [5.74, 6) is 1.37. The summed E-state index contributed by atoms with van der Waals surface area (Å²) in [5, 5.41) is 2.79. The Morgan fingerprint density at radius 3 is 2.15 bits per heavy atom. The molecule has 0 fully saturated rings. The number of amides is 1. The number of benzene rings is 3. The predicted molar refractivity (Wildman–Crippen MR) is 148 cm³/mol. The van der Waals surface area contributed by atoms with E-state index in [1.54, 1.807) is 12.1 Å². The van der Waals surface area contributed by atoms with Crippen molar-refractivity contribution in [2.45, 2.75) is 31.4 Å². The Labute approximate surface area is 229 Å². The summed E-state index contributed by atoms with van der Waals surface area (Å²) in [7, 11) is 1.45. The van der Waals surface area contributed by atoms with E-state index < -0.39 is 22.5 Å². The molecule has 0 aliphatic rings. The Kier molecular flexibility index (Phi) is 9.89. The standard InChI is InChI=1S/C28H34N2O8S/c1-19(2)38-22-9-7-8-20(14-22)17-29-28(31)18-30(24-15-21(34-3)10-12-25(24)35-4)39(32,33)23-11-13-26(36-5)27(16-23)37-6/h7-16,19H,17-18H2,1-6H3,(H,29,31). The number of hydrogen-bond donors (Lipinski definition) is 1. The van der Waals surface area contributed by atoms with E-state index in [9.17, 15) is 13.2 Å². The number of rotatable bonds is 13. The molecule has 0 aliphatic heterocycles. The molecule has 11 heteroatoms. The molecule has 0 heterocycles. The molecule has 3 aromatic carbocycles. The van der Waals surface area contributed by atoms with E-state index in [1.165, 1.54) is 52.7 Å². The zero-order valence-corrected chi connectivity index (χ0v) is 23.7. The van der Waals surface area contributed by atoms with Crippen molar-refractivity contribution in [2.24, 2.45) is 0 Å². The Morgan fingerprint density at radius 2 is 1.51 bits per heavy atom. The molecular weight excluding hydrogens is 524 g/mol. The van der Waals surface area contributed by atoms with Crippen LogP contribution in [0.3, 0.4) is 0 Å². The average molecular weight is 559 g/mol. The monoisotopic (exact) mass is 558 g/mol. The molecule has 0 radical (unpaired) electrons. The van der Waals surface area contributed by atoms with Crippen molar-refractivity contribution in [3.05, 3.63) is 66.2 Å². The number of methoxy groups -OCH3 is 4. The van der Waals surface area contributed by atoms with Crippen molar-refractivity contribution in [1.29, 1.82) is 0 Å². The quantitative estimate of drug-likeness (QED) is 0.335. The van der Waals surface area contributed by atoms with Crippen LogP contribution in [0.2, 0.25) is 0 Å². The fourth-order valence-electron chi connectivity index (χ4n) is 3.78. The summed E-state index contributed by atoms with van der Waals surface area (Å²) in [6, 6.07) is 16.2. The van der Waals surface area contributed by atoms with Gasteiger partial charge in [-0.3, -0.25) is 9.10 Å². The second kappa shape index (κ2) is 13.1. The van der Waals surface area contributed by atoms with Crippen molar-refractivity contribution < 1.29 is 36.9 Å². The lowest BCUT2D eigenvalue weighted by Gasteiger charge is -2.26. The summed E-state index contributed by atoms with van der Waals surface area (Å²) in [5.41, 5.74) is 0.934. The van der Waals surface area contributed by atoms with Gasteiger partial charge in [0.05, 0.1) is 45.1 Å². The summed E-state index contributed by atoms with van der Waals surface area (Å²) >= 11 is 0. The van der Waals surface area contributed by atoms with Crippen molar-refractivity contribution in [1.82, 2.24) is 5.32 Å². The Morgan fingerprint density at radius 1 is 0.821 bits per heavy atom. The molecule has 3 rings (SSSR count). The molecule has 10 nitrogen and oxygen atoms in total. The van der Waals surface area contributed by atoms with Crippen molar-refractivity contribution in [3.8, 4) is 28.7 Å². The van der Waals surface area contributed by atoms with E-state index in [2.05, 4.69) is 5.32 Å². The SMILES string of the molecule is COc1ccc(OC)c(N(CC(=O)NCc2cccc(OC(C)C)c2)S(=O)(=O)c2ccc(OC)c(OC)c2)c1. The second-order valence-corrected chi connectivity index (χ2v) is 10.5. The predicted octanol–water partition coefficient (Wildman–Crippen LogP) is 4.02. The van der Waals surface area contributed by atoms with Crippen molar-refractivity contribution >= 4 is 21.6 Å². The molecule has 0 bridgehead atoms. The normalized spacial score (nSPS) is 11.1. The number of nitrogens with one attached hydrogen (secondary N) is 1. The Hall–Kier alpha value is -4.12. The highest BCUT2D eigenvalue weighted by atomic mass is 32.2. The molecule has 3 aromatic rings. The average Bonchev–Trinajstić information content (AvgIpc) is 2.93. The number of hydrogen-bond acceptors (Lipinski definition) is 8. The van der Waals surface area contributed by atoms with Crippen LogP contribution in [0.4, 0.5) is 5.69 Å². The van der Waals surface area contributed by atoms with Gasteiger partial charge in [-0.05, 0) is 55.8 Å². The van der Waals surface area contributed by atoms with Gasteiger partial charge in [-0.25, -0.2) is 8.42 Å². The molecule has 0 unspecified atom stereocenters. The molecule has 1 N–H and O–H groups in total. The highest BCUT2D eigenvalue weighted by Gasteiger charge is 2.31. The summed E-state index contributed by atoms with van der Waals surface area (Å²) in [6.07, 6.45) is 0.00280. The lowest BCUT2D eigenvalue weighted by atomic mass is 10.2. The molecule has 0 saturated carbocycles. The second-order valence-electron chi connectivity index (χ2n) is 8.66. The largest absolute Gasteiger partial charge is 0.497 e. The first kappa shape index (κ1) is 29.4. The number of carbonyl (C=O) groups is 1. The third kappa shape index (κ3) is 7.26. The zero-order valence-electron chi connectivity index (χ0n) is 22.9. The van der Waals surface area contributed by atoms with E-state index >= 15 is 0 Å². The first-order valence-corrected chi connectivity index (χ1v) is 13.6. The maximum atomic E-state index is 14.0. The van der Waals surface area contributed by atoms with E-state index in [0.29, 0.717) is 17.2 Å². The minimum Gasteiger partial charge on any atom is -0.497 e. The van der Waals surface area contributed by atoms with E-state index in [-0.39, 0.29) is 34.7 Å². The van der Waals surface area contributed by atoms with Gasteiger partial charge in [0.25, 0.3) is 10.0 Å². The van der Waals surface area contributed by atoms with E-state index in [0.717, 1.165) is 9.87 Å².